The molecule has 3 rings (SSSR count). The van der Waals surface area contributed by atoms with E-state index in [-0.39, 0.29) is 11.9 Å². The molecule has 1 saturated heterocycles. The van der Waals surface area contributed by atoms with E-state index in [1.165, 1.54) is 6.07 Å². The van der Waals surface area contributed by atoms with E-state index in [1.54, 1.807) is 0 Å². The van der Waals surface area contributed by atoms with Crippen molar-refractivity contribution in [2.45, 2.75) is 19.1 Å². The fourth-order valence-corrected chi connectivity index (χ4v) is 3.19. The van der Waals surface area contributed by atoms with Gasteiger partial charge in [0.15, 0.2) is 0 Å². The van der Waals surface area contributed by atoms with Crippen LogP contribution in [0.5, 0.6) is 0 Å². The van der Waals surface area contributed by atoms with Crippen LogP contribution in [-0.4, -0.2) is 48.5 Å². The number of carbonyl (C=O) groups is 1. The van der Waals surface area contributed by atoms with Gasteiger partial charge in [-0.25, -0.2) is 4.98 Å². The van der Waals surface area contributed by atoms with Crippen molar-refractivity contribution in [1.29, 1.82) is 0 Å². The summed E-state index contributed by atoms with van der Waals surface area (Å²) in [6.07, 6.45) is -3.52. The minimum atomic E-state index is -4.38. The summed E-state index contributed by atoms with van der Waals surface area (Å²) in [6.45, 7) is 4.76. The van der Waals surface area contributed by atoms with Crippen LogP contribution in [0.1, 0.15) is 24.1 Å². The van der Waals surface area contributed by atoms with Gasteiger partial charge in [0, 0.05) is 32.4 Å². The van der Waals surface area contributed by atoms with E-state index in [0.717, 1.165) is 17.8 Å². The quantitative estimate of drug-likeness (QED) is 0.850. The Morgan fingerprint density at radius 1 is 1.11 bits per heavy atom. The zero-order chi connectivity index (χ0) is 20.1. The first-order chi connectivity index (χ1) is 13.3. The summed E-state index contributed by atoms with van der Waals surface area (Å²) in [4.78, 5) is 20.2. The lowest BCUT2D eigenvalue weighted by molar-refractivity contribution is -0.137. The van der Waals surface area contributed by atoms with Gasteiger partial charge in [0.1, 0.15) is 5.82 Å². The molecule has 5 nitrogen and oxygen atoms in total. The van der Waals surface area contributed by atoms with Gasteiger partial charge in [-0.05, 0) is 24.6 Å². The van der Waals surface area contributed by atoms with Crippen molar-refractivity contribution in [2.24, 2.45) is 0 Å². The summed E-state index contributed by atoms with van der Waals surface area (Å²) in [6, 6.07) is 12.1. The molecule has 150 valence electrons. The van der Waals surface area contributed by atoms with E-state index < -0.39 is 11.7 Å². The number of hydrogen-bond acceptors (Lipinski definition) is 4. The molecule has 1 fully saturated rings. The number of hydrogen-bond donors (Lipinski definition) is 1. The summed E-state index contributed by atoms with van der Waals surface area (Å²) in [5.41, 5.74) is 0.299. The number of benzene rings is 1. The van der Waals surface area contributed by atoms with Crippen molar-refractivity contribution in [1.82, 2.24) is 15.2 Å². The first-order valence-corrected chi connectivity index (χ1v) is 9.18. The van der Waals surface area contributed by atoms with E-state index in [1.807, 2.05) is 47.1 Å². The predicted molar refractivity (Wildman–Crippen MR) is 101 cm³/mol. The zero-order valence-electron chi connectivity index (χ0n) is 15.6. The van der Waals surface area contributed by atoms with Gasteiger partial charge in [0.05, 0.1) is 18.2 Å². The van der Waals surface area contributed by atoms with Crippen LogP contribution in [0.3, 0.4) is 0 Å². The average Bonchev–Trinajstić information content (AvgIpc) is 2.68. The summed E-state index contributed by atoms with van der Waals surface area (Å²) in [5, 5.41) is 2.99. The molecule has 0 aliphatic carbocycles. The smallest absolute Gasteiger partial charge is 0.354 e. The van der Waals surface area contributed by atoms with Gasteiger partial charge in [0.25, 0.3) is 0 Å². The standard InChI is InChI=1S/C20H23F3N4O/c1-15(16-5-3-2-4-6-16)25-19(28)14-26-9-11-27(12-10-26)18-8-7-17(13-24-18)20(21,22)23/h2-8,13,15H,9-12,14H2,1H3,(H,25,28)/t15-/m1/s1. The lowest BCUT2D eigenvalue weighted by atomic mass is 10.1. The molecule has 2 heterocycles. The molecule has 0 saturated carbocycles. The Hall–Kier alpha value is -2.61. The van der Waals surface area contributed by atoms with E-state index in [4.69, 9.17) is 0 Å². The molecule has 2 aromatic rings. The number of nitrogens with one attached hydrogen (secondary N) is 1. The first kappa shape index (κ1) is 20.1. The van der Waals surface area contributed by atoms with Crippen LogP contribution >= 0.6 is 0 Å². The van der Waals surface area contributed by atoms with Gasteiger partial charge >= 0.3 is 6.18 Å². The minimum Gasteiger partial charge on any atom is -0.354 e. The van der Waals surface area contributed by atoms with Gasteiger partial charge in [-0.2, -0.15) is 13.2 Å². The molecule has 0 unspecified atom stereocenters. The highest BCUT2D eigenvalue weighted by Crippen LogP contribution is 2.29. The largest absolute Gasteiger partial charge is 0.417 e. The molecule has 0 bridgehead atoms. The molecule has 0 spiro atoms. The van der Waals surface area contributed by atoms with Gasteiger partial charge in [-0.3, -0.25) is 9.69 Å². The van der Waals surface area contributed by atoms with Crippen molar-refractivity contribution in [3.63, 3.8) is 0 Å². The summed E-state index contributed by atoms with van der Waals surface area (Å²) >= 11 is 0. The highest BCUT2D eigenvalue weighted by Gasteiger charge is 2.31. The summed E-state index contributed by atoms with van der Waals surface area (Å²) < 4.78 is 37.9. The van der Waals surface area contributed by atoms with Crippen molar-refractivity contribution >= 4 is 11.7 Å². The highest BCUT2D eigenvalue weighted by molar-refractivity contribution is 5.78. The predicted octanol–water partition coefficient (Wildman–Crippen LogP) is 3.10. The Bertz CT molecular complexity index is 772. The maximum absolute atomic E-state index is 12.6. The number of halogens is 3. The molecule has 28 heavy (non-hydrogen) atoms. The molecule has 1 aromatic heterocycles. The van der Waals surface area contributed by atoms with Crippen LogP contribution in [-0.2, 0) is 11.0 Å². The van der Waals surface area contributed by atoms with Crippen molar-refractivity contribution in [3.05, 3.63) is 59.8 Å². The molecule has 1 aliphatic heterocycles. The van der Waals surface area contributed by atoms with Crippen molar-refractivity contribution < 1.29 is 18.0 Å². The van der Waals surface area contributed by atoms with Crippen LogP contribution in [0.25, 0.3) is 0 Å². The number of carbonyl (C=O) groups excluding carboxylic acids is 1. The Labute approximate surface area is 162 Å². The lowest BCUT2D eigenvalue weighted by Gasteiger charge is -2.35. The number of piperazine rings is 1. The summed E-state index contributed by atoms with van der Waals surface area (Å²) in [5.74, 6) is 0.479. The number of amides is 1. The third-order valence-corrected chi connectivity index (χ3v) is 4.82. The van der Waals surface area contributed by atoms with Crippen LogP contribution in [0, 0.1) is 0 Å². The lowest BCUT2D eigenvalue weighted by Crippen LogP contribution is -2.49. The van der Waals surface area contributed by atoms with E-state index in [0.29, 0.717) is 38.5 Å². The normalized spacial score (nSPS) is 16.6. The number of pyridine rings is 1. The molecular formula is C20H23F3N4O. The van der Waals surface area contributed by atoms with Gasteiger partial charge in [0.2, 0.25) is 5.91 Å². The molecule has 1 aliphatic rings. The molecule has 1 N–H and O–H groups in total. The van der Waals surface area contributed by atoms with E-state index in [9.17, 15) is 18.0 Å². The molecule has 1 amide bonds. The monoisotopic (exact) mass is 392 g/mol. The Morgan fingerprint density at radius 3 is 2.36 bits per heavy atom. The Balaban J connectivity index is 1.47. The second kappa shape index (κ2) is 8.60. The molecule has 0 radical (unpaired) electrons. The van der Waals surface area contributed by atoms with Crippen LogP contribution in [0.4, 0.5) is 19.0 Å². The molecular weight excluding hydrogens is 369 g/mol. The number of aromatic nitrogens is 1. The maximum atomic E-state index is 12.6. The third-order valence-electron chi connectivity index (χ3n) is 4.82. The van der Waals surface area contributed by atoms with Crippen molar-refractivity contribution in [3.8, 4) is 0 Å². The molecule has 1 atom stereocenters. The SMILES string of the molecule is C[C@@H](NC(=O)CN1CCN(c2ccc(C(F)(F)F)cn2)CC1)c1ccccc1. The fourth-order valence-electron chi connectivity index (χ4n) is 3.19. The third kappa shape index (κ3) is 5.22. The minimum absolute atomic E-state index is 0.0440. The van der Waals surface area contributed by atoms with Crippen LogP contribution in [0.2, 0.25) is 0 Å². The van der Waals surface area contributed by atoms with E-state index >= 15 is 0 Å². The number of alkyl halides is 3. The highest BCUT2D eigenvalue weighted by atomic mass is 19.4. The van der Waals surface area contributed by atoms with Crippen LogP contribution in [0.15, 0.2) is 48.7 Å². The number of nitrogens with zero attached hydrogens (tertiary/aromatic N) is 3. The van der Waals surface area contributed by atoms with E-state index in [2.05, 4.69) is 10.3 Å². The summed E-state index contributed by atoms with van der Waals surface area (Å²) in [7, 11) is 0. The van der Waals surface area contributed by atoms with Gasteiger partial charge < -0.3 is 10.2 Å². The second-order valence-corrected chi connectivity index (χ2v) is 6.87. The second-order valence-electron chi connectivity index (χ2n) is 6.87. The number of anilines is 1. The molecule has 1 aromatic carbocycles. The zero-order valence-corrected chi connectivity index (χ0v) is 15.6. The first-order valence-electron chi connectivity index (χ1n) is 9.18. The maximum Gasteiger partial charge on any atom is 0.417 e. The van der Waals surface area contributed by atoms with Gasteiger partial charge in [-0.15, -0.1) is 0 Å². The fraction of sp³-hybridized carbons (Fsp3) is 0.400. The Morgan fingerprint density at radius 2 is 1.79 bits per heavy atom. The van der Waals surface area contributed by atoms with Crippen molar-refractivity contribution in [2.75, 3.05) is 37.6 Å². The average molecular weight is 392 g/mol. The molecule has 8 heteroatoms. The number of rotatable bonds is 5. The Kier molecular flexibility index (Phi) is 6.18. The van der Waals surface area contributed by atoms with Crippen LogP contribution < -0.4 is 10.2 Å². The topological polar surface area (TPSA) is 48.5 Å². The van der Waals surface area contributed by atoms with Gasteiger partial charge in [-0.1, -0.05) is 30.3 Å².